The van der Waals surface area contributed by atoms with E-state index in [2.05, 4.69) is 27.3 Å². The fourth-order valence-corrected chi connectivity index (χ4v) is 9.10. The molecule has 6 atom stereocenters. The SMILES string of the molecule is C=NC1CCC(C2CCC(CC)CC2)CC1C1CC(C2CCC(CCC)CC2)CCC1N=C. The van der Waals surface area contributed by atoms with Crippen LogP contribution in [0.2, 0.25) is 0 Å². The molecule has 0 radical (unpaired) electrons. The normalized spacial score (nSPS) is 44.8. The zero-order valence-corrected chi connectivity index (χ0v) is 22.1. The third-order valence-electron chi connectivity index (χ3n) is 11.2. The van der Waals surface area contributed by atoms with Crippen molar-refractivity contribution >= 4 is 13.4 Å². The monoisotopic (exact) mass is 454 g/mol. The Morgan fingerprint density at radius 1 is 0.545 bits per heavy atom. The minimum atomic E-state index is 0.474. The van der Waals surface area contributed by atoms with Crippen LogP contribution in [0.1, 0.15) is 123 Å². The highest BCUT2D eigenvalue weighted by molar-refractivity contribution is 5.26. The molecule has 0 saturated heterocycles. The zero-order valence-electron chi connectivity index (χ0n) is 22.1. The standard InChI is InChI=1S/C31H54N2/c1-5-7-23-10-14-25(15-11-23)27-17-19-31(33-4)29(21-27)28-20-26(16-18-30(28)32-3)24-12-8-22(6-2)9-13-24/h22-31H,3-21H2,1-2H3. The molecule has 4 aliphatic rings. The Bertz CT molecular complexity index is 598. The van der Waals surface area contributed by atoms with Crippen molar-refractivity contribution in [3.63, 3.8) is 0 Å². The maximum atomic E-state index is 4.74. The maximum Gasteiger partial charge on any atom is 0.0524 e. The number of aliphatic imine (C=N–C) groups is 2. The molecular formula is C31H54N2. The lowest BCUT2D eigenvalue weighted by Crippen LogP contribution is -2.44. The molecular weight excluding hydrogens is 400 g/mol. The van der Waals surface area contributed by atoms with Gasteiger partial charge in [0.1, 0.15) is 0 Å². The Morgan fingerprint density at radius 3 is 1.36 bits per heavy atom. The van der Waals surface area contributed by atoms with Crippen LogP contribution in [0.25, 0.3) is 0 Å². The summed E-state index contributed by atoms with van der Waals surface area (Å²) >= 11 is 0. The Morgan fingerprint density at radius 2 is 0.970 bits per heavy atom. The van der Waals surface area contributed by atoms with Crippen molar-refractivity contribution in [2.24, 2.45) is 57.3 Å². The smallest absolute Gasteiger partial charge is 0.0524 e. The molecule has 0 aromatic heterocycles. The summed E-state index contributed by atoms with van der Waals surface area (Å²) in [5, 5.41) is 0. The second-order valence-corrected chi connectivity index (χ2v) is 12.7. The van der Waals surface area contributed by atoms with Crippen molar-refractivity contribution in [3.05, 3.63) is 0 Å². The van der Waals surface area contributed by atoms with Crippen LogP contribution in [0.15, 0.2) is 9.98 Å². The van der Waals surface area contributed by atoms with Gasteiger partial charge in [-0.15, -0.1) is 0 Å². The first-order valence-corrected chi connectivity index (χ1v) is 15.1. The van der Waals surface area contributed by atoms with Crippen LogP contribution < -0.4 is 0 Å². The highest BCUT2D eigenvalue weighted by Gasteiger charge is 2.44. The molecule has 2 nitrogen and oxygen atoms in total. The second kappa shape index (κ2) is 12.3. The van der Waals surface area contributed by atoms with Crippen LogP contribution in [0.4, 0.5) is 0 Å². The molecule has 0 aliphatic heterocycles. The van der Waals surface area contributed by atoms with Gasteiger partial charge < -0.3 is 0 Å². The molecule has 33 heavy (non-hydrogen) atoms. The van der Waals surface area contributed by atoms with E-state index in [4.69, 9.17) is 9.98 Å². The van der Waals surface area contributed by atoms with E-state index in [0.717, 1.165) is 35.5 Å². The van der Waals surface area contributed by atoms with Gasteiger partial charge in [-0.2, -0.15) is 0 Å². The van der Waals surface area contributed by atoms with Crippen LogP contribution in [0.3, 0.4) is 0 Å². The predicted octanol–water partition coefficient (Wildman–Crippen LogP) is 8.78. The summed E-state index contributed by atoms with van der Waals surface area (Å²) in [6.45, 7) is 12.9. The molecule has 188 valence electrons. The Balaban J connectivity index is 1.40. The van der Waals surface area contributed by atoms with E-state index in [9.17, 15) is 0 Å². The molecule has 4 rings (SSSR count). The van der Waals surface area contributed by atoms with Gasteiger partial charge in [0, 0.05) is 0 Å². The van der Waals surface area contributed by atoms with Crippen LogP contribution in [0, 0.1) is 47.3 Å². The quantitative estimate of drug-likeness (QED) is 0.327. The van der Waals surface area contributed by atoms with E-state index >= 15 is 0 Å². The van der Waals surface area contributed by atoms with E-state index in [-0.39, 0.29) is 0 Å². The van der Waals surface area contributed by atoms with Crippen LogP contribution >= 0.6 is 0 Å². The first-order chi connectivity index (χ1) is 16.2. The van der Waals surface area contributed by atoms with Crippen molar-refractivity contribution in [1.82, 2.24) is 0 Å². The summed E-state index contributed by atoms with van der Waals surface area (Å²) in [5.74, 6) is 7.26. The molecule has 0 aromatic rings. The van der Waals surface area contributed by atoms with Crippen LogP contribution in [-0.2, 0) is 0 Å². The number of nitrogens with zero attached hydrogens (tertiary/aromatic N) is 2. The molecule has 6 unspecified atom stereocenters. The van der Waals surface area contributed by atoms with E-state index in [1.54, 1.807) is 0 Å². The summed E-state index contributed by atoms with van der Waals surface area (Å²) in [6.07, 6.45) is 24.3. The molecule has 4 fully saturated rings. The molecule has 0 heterocycles. The van der Waals surface area contributed by atoms with E-state index < -0.39 is 0 Å². The molecule has 0 spiro atoms. The van der Waals surface area contributed by atoms with Crippen molar-refractivity contribution in [1.29, 1.82) is 0 Å². The van der Waals surface area contributed by atoms with Crippen molar-refractivity contribution < 1.29 is 0 Å². The van der Waals surface area contributed by atoms with Crippen molar-refractivity contribution in [3.8, 4) is 0 Å². The summed E-state index contributed by atoms with van der Waals surface area (Å²) in [7, 11) is 0. The fraction of sp³-hybridized carbons (Fsp3) is 0.935. The van der Waals surface area contributed by atoms with Gasteiger partial charge in [-0.05, 0) is 125 Å². The lowest BCUT2D eigenvalue weighted by atomic mass is 9.59. The average Bonchev–Trinajstić information content (AvgIpc) is 2.88. The molecule has 0 amide bonds. The highest BCUT2D eigenvalue weighted by atomic mass is 14.8. The third kappa shape index (κ3) is 6.13. The molecule has 0 bridgehead atoms. The first kappa shape index (κ1) is 25.4. The van der Waals surface area contributed by atoms with E-state index in [1.807, 2.05) is 0 Å². The fourth-order valence-electron chi connectivity index (χ4n) is 9.10. The second-order valence-electron chi connectivity index (χ2n) is 12.7. The Kier molecular flexibility index (Phi) is 9.51. The largest absolute Gasteiger partial charge is 0.297 e. The molecule has 4 saturated carbocycles. The van der Waals surface area contributed by atoms with Gasteiger partial charge >= 0.3 is 0 Å². The van der Waals surface area contributed by atoms with E-state index in [0.29, 0.717) is 23.9 Å². The van der Waals surface area contributed by atoms with Gasteiger partial charge in [-0.1, -0.05) is 58.8 Å². The molecule has 2 heteroatoms. The van der Waals surface area contributed by atoms with Gasteiger partial charge in [0.2, 0.25) is 0 Å². The van der Waals surface area contributed by atoms with Gasteiger partial charge in [0.25, 0.3) is 0 Å². The van der Waals surface area contributed by atoms with Gasteiger partial charge in [-0.25, -0.2) is 0 Å². The first-order valence-electron chi connectivity index (χ1n) is 15.1. The summed E-state index contributed by atoms with van der Waals surface area (Å²) in [4.78, 5) is 9.47. The van der Waals surface area contributed by atoms with E-state index in [1.165, 1.54) is 109 Å². The van der Waals surface area contributed by atoms with Crippen molar-refractivity contribution in [2.45, 2.75) is 135 Å². The predicted molar refractivity (Wildman–Crippen MR) is 144 cm³/mol. The topological polar surface area (TPSA) is 24.7 Å². The molecule has 0 aromatic carbocycles. The number of hydrogen-bond donors (Lipinski definition) is 0. The molecule has 4 aliphatic carbocycles. The Labute approximate surface area is 205 Å². The lowest BCUT2D eigenvalue weighted by molar-refractivity contribution is 0.0483. The maximum absolute atomic E-state index is 4.74. The minimum Gasteiger partial charge on any atom is -0.297 e. The van der Waals surface area contributed by atoms with Gasteiger partial charge in [-0.3, -0.25) is 9.98 Å². The van der Waals surface area contributed by atoms with Gasteiger partial charge in [0.15, 0.2) is 0 Å². The van der Waals surface area contributed by atoms with Crippen LogP contribution in [0.5, 0.6) is 0 Å². The zero-order chi connectivity index (χ0) is 23.2. The number of hydrogen-bond acceptors (Lipinski definition) is 2. The van der Waals surface area contributed by atoms with Crippen molar-refractivity contribution in [2.75, 3.05) is 0 Å². The average molecular weight is 455 g/mol. The lowest BCUT2D eigenvalue weighted by Gasteiger charge is -2.48. The number of rotatable bonds is 8. The summed E-state index contributed by atoms with van der Waals surface area (Å²) in [6, 6.07) is 0.947. The molecule has 0 N–H and O–H groups in total. The summed E-state index contributed by atoms with van der Waals surface area (Å²) in [5.41, 5.74) is 0. The Hall–Kier alpha value is -0.660. The minimum absolute atomic E-state index is 0.474. The summed E-state index contributed by atoms with van der Waals surface area (Å²) < 4.78 is 0. The van der Waals surface area contributed by atoms with Crippen LogP contribution in [-0.4, -0.2) is 25.5 Å². The third-order valence-corrected chi connectivity index (χ3v) is 11.2. The van der Waals surface area contributed by atoms with Gasteiger partial charge in [0.05, 0.1) is 12.1 Å². The highest BCUT2D eigenvalue weighted by Crippen LogP contribution is 2.50.